The van der Waals surface area contributed by atoms with Crippen LogP contribution in [0.5, 0.6) is 0 Å². The normalized spacial score (nSPS) is 10.6. The van der Waals surface area contributed by atoms with Gasteiger partial charge in [0.15, 0.2) is 0 Å². The Morgan fingerprint density at radius 2 is 1.96 bits per heavy atom. The van der Waals surface area contributed by atoms with Gasteiger partial charge in [-0.3, -0.25) is 9.78 Å². The zero-order chi connectivity index (χ0) is 19.3. The van der Waals surface area contributed by atoms with E-state index in [0.717, 1.165) is 11.1 Å². The first kappa shape index (κ1) is 17.9. The monoisotopic (exact) mass is 390 g/mol. The Morgan fingerprint density at radius 3 is 2.79 bits per heavy atom. The molecule has 2 aromatic carbocycles. The fraction of sp³-hybridized carbons (Fsp3) is 0.0476. The molecule has 138 valence electrons. The summed E-state index contributed by atoms with van der Waals surface area (Å²) in [5.74, 6) is 0.684. The quantitative estimate of drug-likeness (QED) is 0.537. The number of para-hydroxylation sites is 1. The number of carbonyl (C=O) groups excluding carboxylic acids is 1. The van der Waals surface area contributed by atoms with Crippen molar-refractivity contribution in [3.05, 3.63) is 95.1 Å². The summed E-state index contributed by atoms with van der Waals surface area (Å²) in [6, 6.07) is 17.9. The number of hydrogen-bond donors (Lipinski definition) is 1. The van der Waals surface area contributed by atoms with Crippen LogP contribution in [0.1, 0.15) is 21.8 Å². The lowest BCUT2D eigenvalue weighted by Gasteiger charge is -2.10. The molecule has 0 saturated carbocycles. The fourth-order valence-electron chi connectivity index (χ4n) is 2.72. The molecule has 0 radical (unpaired) electrons. The highest BCUT2D eigenvalue weighted by Gasteiger charge is 2.13. The van der Waals surface area contributed by atoms with Crippen LogP contribution in [0.25, 0.3) is 11.4 Å². The fourth-order valence-corrected chi connectivity index (χ4v) is 2.91. The summed E-state index contributed by atoms with van der Waals surface area (Å²) in [5, 5.41) is 7.43. The number of benzene rings is 2. The van der Waals surface area contributed by atoms with Gasteiger partial charge in [-0.15, -0.1) is 0 Å². The summed E-state index contributed by atoms with van der Waals surface area (Å²) in [6.07, 6.45) is 3.75. The molecular formula is C21H15ClN4O2. The third-order valence-corrected chi connectivity index (χ3v) is 4.32. The maximum atomic E-state index is 12.5. The minimum atomic E-state index is -0.239. The summed E-state index contributed by atoms with van der Waals surface area (Å²) < 4.78 is 5.36. The van der Waals surface area contributed by atoms with Crippen molar-refractivity contribution in [1.29, 1.82) is 0 Å². The molecule has 0 atom stereocenters. The average Bonchev–Trinajstić information content (AvgIpc) is 3.19. The topological polar surface area (TPSA) is 80.9 Å². The number of amides is 1. The van der Waals surface area contributed by atoms with Crippen molar-refractivity contribution in [3.63, 3.8) is 0 Å². The van der Waals surface area contributed by atoms with Gasteiger partial charge in [0.2, 0.25) is 11.7 Å². The van der Waals surface area contributed by atoms with Gasteiger partial charge >= 0.3 is 0 Å². The van der Waals surface area contributed by atoms with Crippen LogP contribution in [0.2, 0.25) is 5.02 Å². The molecule has 0 aliphatic rings. The molecule has 2 heterocycles. The van der Waals surface area contributed by atoms with Crippen LogP contribution in [0, 0.1) is 0 Å². The second kappa shape index (κ2) is 8.02. The largest absolute Gasteiger partial charge is 0.339 e. The standard InChI is InChI=1S/C21H15ClN4O2/c22-17-8-3-6-15(11-17)21(27)24-18-9-2-1-5-14(18)12-19-25-20(26-28-19)16-7-4-10-23-13-16/h1-11,13H,12H2,(H,24,27). The maximum absolute atomic E-state index is 12.5. The van der Waals surface area contributed by atoms with Gasteiger partial charge in [0, 0.05) is 34.2 Å². The second-order valence-corrected chi connectivity index (χ2v) is 6.49. The van der Waals surface area contributed by atoms with Gasteiger partial charge < -0.3 is 9.84 Å². The number of halogens is 1. The van der Waals surface area contributed by atoms with Crippen molar-refractivity contribution < 1.29 is 9.32 Å². The van der Waals surface area contributed by atoms with Gasteiger partial charge in [0.1, 0.15) is 0 Å². The number of nitrogens with one attached hydrogen (secondary N) is 1. The molecular weight excluding hydrogens is 376 g/mol. The average molecular weight is 391 g/mol. The zero-order valence-electron chi connectivity index (χ0n) is 14.7. The first-order chi connectivity index (χ1) is 13.7. The molecule has 0 aliphatic heterocycles. The smallest absolute Gasteiger partial charge is 0.255 e. The molecule has 4 rings (SSSR count). The number of carbonyl (C=O) groups is 1. The minimum Gasteiger partial charge on any atom is -0.339 e. The number of pyridine rings is 1. The molecule has 1 amide bonds. The Bertz CT molecular complexity index is 1110. The summed E-state index contributed by atoms with van der Waals surface area (Å²) >= 11 is 5.97. The number of rotatable bonds is 5. The van der Waals surface area contributed by atoms with E-state index in [2.05, 4.69) is 20.4 Å². The van der Waals surface area contributed by atoms with Crippen LogP contribution < -0.4 is 5.32 Å². The van der Waals surface area contributed by atoms with Crippen LogP contribution in [0.15, 0.2) is 77.6 Å². The van der Waals surface area contributed by atoms with E-state index in [1.165, 1.54) is 0 Å². The molecule has 0 saturated heterocycles. The number of hydrogen-bond acceptors (Lipinski definition) is 5. The molecule has 1 N–H and O–H groups in total. The van der Waals surface area contributed by atoms with Gasteiger partial charge in [-0.05, 0) is 42.0 Å². The lowest BCUT2D eigenvalue weighted by atomic mass is 10.1. The van der Waals surface area contributed by atoms with Gasteiger partial charge in [0.05, 0.1) is 6.42 Å². The van der Waals surface area contributed by atoms with Crippen LogP contribution in [-0.2, 0) is 6.42 Å². The summed E-state index contributed by atoms with van der Waals surface area (Å²) in [6.45, 7) is 0. The van der Waals surface area contributed by atoms with Crippen LogP contribution in [0.3, 0.4) is 0 Å². The molecule has 0 unspecified atom stereocenters. The summed E-state index contributed by atoms with van der Waals surface area (Å²) in [5.41, 5.74) is 2.80. The molecule has 0 fully saturated rings. The van der Waals surface area contributed by atoms with Crippen molar-refractivity contribution in [2.75, 3.05) is 5.32 Å². The van der Waals surface area contributed by atoms with Crippen LogP contribution in [-0.4, -0.2) is 21.0 Å². The molecule has 0 aliphatic carbocycles. The number of nitrogens with zero attached hydrogens (tertiary/aromatic N) is 3. The Labute approximate surface area is 166 Å². The molecule has 28 heavy (non-hydrogen) atoms. The maximum Gasteiger partial charge on any atom is 0.255 e. The lowest BCUT2D eigenvalue weighted by molar-refractivity contribution is 0.102. The molecule has 0 bridgehead atoms. The van der Waals surface area contributed by atoms with E-state index < -0.39 is 0 Å². The van der Waals surface area contributed by atoms with Crippen molar-refractivity contribution in [2.45, 2.75) is 6.42 Å². The van der Waals surface area contributed by atoms with E-state index in [0.29, 0.717) is 34.4 Å². The SMILES string of the molecule is O=C(Nc1ccccc1Cc1nc(-c2cccnc2)no1)c1cccc(Cl)c1. The molecule has 0 spiro atoms. The van der Waals surface area contributed by atoms with Crippen molar-refractivity contribution in [3.8, 4) is 11.4 Å². The van der Waals surface area contributed by atoms with Gasteiger partial charge in [-0.25, -0.2) is 0 Å². The van der Waals surface area contributed by atoms with E-state index in [4.69, 9.17) is 16.1 Å². The summed E-state index contributed by atoms with van der Waals surface area (Å²) in [7, 11) is 0. The first-order valence-corrected chi connectivity index (χ1v) is 8.94. The highest BCUT2D eigenvalue weighted by atomic mass is 35.5. The number of aromatic nitrogens is 3. The van der Waals surface area contributed by atoms with E-state index in [1.807, 2.05) is 36.4 Å². The van der Waals surface area contributed by atoms with Crippen LogP contribution >= 0.6 is 11.6 Å². The predicted molar refractivity (Wildman–Crippen MR) is 106 cm³/mol. The van der Waals surface area contributed by atoms with Crippen LogP contribution in [0.4, 0.5) is 5.69 Å². The highest BCUT2D eigenvalue weighted by molar-refractivity contribution is 6.31. The van der Waals surface area contributed by atoms with E-state index in [9.17, 15) is 4.79 Å². The molecule has 4 aromatic rings. The van der Waals surface area contributed by atoms with E-state index >= 15 is 0 Å². The molecule has 7 heteroatoms. The minimum absolute atomic E-state index is 0.239. The second-order valence-electron chi connectivity index (χ2n) is 6.05. The molecule has 6 nitrogen and oxygen atoms in total. The van der Waals surface area contributed by atoms with Gasteiger partial charge in [-0.2, -0.15) is 4.98 Å². The van der Waals surface area contributed by atoms with Crippen molar-refractivity contribution >= 4 is 23.2 Å². The summed E-state index contributed by atoms with van der Waals surface area (Å²) in [4.78, 5) is 21.0. The first-order valence-electron chi connectivity index (χ1n) is 8.57. The van der Waals surface area contributed by atoms with E-state index in [1.54, 1.807) is 36.7 Å². The third kappa shape index (κ3) is 4.07. The van der Waals surface area contributed by atoms with Crippen molar-refractivity contribution in [2.24, 2.45) is 0 Å². The van der Waals surface area contributed by atoms with Gasteiger partial charge in [0.25, 0.3) is 5.91 Å². The Kier molecular flexibility index (Phi) is 5.12. The predicted octanol–water partition coefficient (Wildman–Crippen LogP) is 4.63. The molecule has 2 aromatic heterocycles. The van der Waals surface area contributed by atoms with E-state index in [-0.39, 0.29) is 5.91 Å². The Hall–Kier alpha value is -3.51. The number of anilines is 1. The highest BCUT2D eigenvalue weighted by Crippen LogP contribution is 2.22. The third-order valence-electron chi connectivity index (χ3n) is 4.08. The lowest BCUT2D eigenvalue weighted by Crippen LogP contribution is -2.13. The van der Waals surface area contributed by atoms with Gasteiger partial charge in [-0.1, -0.05) is 41.0 Å². The Balaban J connectivity index is 1.54. The Morgan fingerprint density at radius 1 is 1.07 bits per heavy atom. The zero-order valence-corrected chi connectivity index (χ0v) is 15.4. The van der Waals surface area contributed by atoms with Crippen molar-refractivity contribution in [1.82, 2.24) is 15.1 Å².